The maximum absolute atomic E-state index is 11.2. The molecule has 0 bridgehead atoms. The number of carbonyl (C=O) groups is 1. The number of nitrogens with zero attached hydrogens (tertiary/aromatic N) is 1. The van der Waals surface area contributed by atoms with Crippen molar-refractivity contribution in [2.75, 3.05) is 26.2 Å². The van der Waals surface area contributed by atoms with Crippen molar-refractivity contribution in [3.05, 3.63) is 60.2 Å². The van der Waals surface area contributed by atoms with Gasteiger partial charge in [0.05, 0.1) is 11.7 Å². The van der Waals surface area contributed by atoms with Gasteiger partial charge in [0.25, 0.3) is 0 Å². The van der Waals surface area contributed by atoms with Crippen LogP contribution in [0, 0.1) is 0 Å². The minimum absolute atomic E-state index is 0.125. The van der Waals surface area contributed by atoms with E-state index in [9.17, 15) is 15.0 Å². The molecule has 0 saturated carbocycles. The Labute approximate surface area is 171 Å². The molecule has 0 aliphatic carbocycles. The number of carbonyl (C=O) groups excluding carboxylic acids is 1. The van der Waals surface area contributed by atoms with Crippen molar-refractivity contribution in [2.45, 2.75) is 37.9 Å². The summed E-state index contributed by atoms with van der Waals surface area (Å²) in [5.74, 6) is 0.373. The van der Waals surface area contributed by atoms with Gasteiger partial charge in [-0.05, 0) is 37.0 Å². The molecule has 2 aromatic carbocycles. The second kappa shape index (κ2) is 9.87. The first-order valence-corrected chi connectivity index (χ1v) is 10.0. The van der Waals surface area contributed by atoms with Gasteiger partial charge in [-0.15, -0.1) is 0 Å². The third-order valence-electron chi connectivity index (χ3n) is 5.31. The fourth-order valence-electron chi connectivity index (χ4n) is 3.59. The van der Waals surface area contributed by atoms with Crippen molar-refractivity contribution in [1.82, 2.24) is 4.90 Å². The molecule has 2 N–H and O–H groups in total. The number of aliphatic hydroxyl groups is 2. The normalized spacial score (nSPS) is 17.5. The lowest BCUT2D eigenvalue weighted by Gasteiger charge is -2.38. The number of esters is 1. The van der Waals surface area contributed by atoms with Crippen LogP contribution >= 0.6 is 0 Å². The summed E-state index contributed by atoms with van der Waals surface area (Å²) in [6.07, 6.45) is 1.30. The Bertz CT molecular complexity index is 787. The predicted molar refractivity (Wildman–Crippen MR) is 110 cm³/mol. The van der Waals surface area contributed by atoms with E-state index >= 15 is 0 Å². The Morgan fingerprint density at radius 2 is 1.69 bits per heavy atom. The molecule has 0 amide bonds. The second-order valence-corrected chi connectivity index (χ2v) is 7.53. The van der Waals surface area contributed by atoms with Crippen molar-refractivity contribution in [3.8, 4) is 11.5 Å². The summed E-state index contributed by atoms with van der Waals surface area (Å²) >= 11 is 0. The molecule has 2 aromatic rings. The predicted octanol–water partition coefficient (Wildman–Crippen LogP) is 2.73. The van der Waals surface area contributed by atoms with Crippen LogP contribution in [0.2, 0.25) is 0 Å². The Morgan fingerprint density at radius 3 is 2.34 bits per heavy atom. The quantitative estimate of drug-likeness (QED) is 0.525. The number of ether oxygens (including phenoxy) is 2. The minimum Gasteiger partial charge on any atom is -0.487 e. The summed E-state index contributed by atoms with van der Waals surface area (Å²) in [4.78, 5) is 13.4. The lowest BCUT2D eigenvalue weighted by atomic mass is 9.84. The van der Waals surface area contributed by atoms with Crippen LogP contribution in [0.3, 0.4) is 0 Å². The highest BCUT2D eigenvalue weighted by molar-refractivity contribution is 5.70. The van der Waals surface area contributed by atoms with Gasteiger partial charge in [-0.3, -0.25) is 4.79 Å². The van der Waals surface area contributed by atoms with Crippen LogP contribution in [0.25, 0.3) is 0 Å². The molecule has 3 rings (SSSR count). The Kier molecular flexibility index (Phi) is 7.25. The first kappa shape index (κ1) is 21.3. The molecule has 6 nitrogen and oxygen atoms in total. The Morgan fingerprint density at radius 1 is 1.07 bits per heavy atom. The summed E-state index contributed by atoms with van der Waals surface area (Å²) in [5, 5.41) is 21.2. The molecule has 0 radical (unpaired) electrons. The van der Waals surface area contributed by atoms with Gasteiger partial charge in [-0.25, -0.2) is 0 Å². The van der Waals surface area contributed by atoms with Crippen LogP contribution < -0.4 is 9.47 Å². The number of piperidine rings is 1. The van der Waals surface area contributed by atoms with E-state index < -0.39 is 17.7 Å². The zero-order valence-corrected chi connectivity index (χ0v) is 16.8. The van der Waals surface area contributed by atoms with Crippen LogP contribution in [-0.4, -0.2) is 53.4 Å². The van der Waals surface area contributed by atoms with Crippen molar-refractivity contribution in [2.24, 2.45) is 0 Å². The SMILES string of the molecule is CC(=O)Oc1ccccc1OCC(O)CCN1CCC(O)(c2ccccc2)CC1. The lowest BCUT2D eigenvalue weighted by molar-refractivity contribution is -0.132. The fourth-order valence-corrected chi connectivity index (χ4v) is 3.59. The topological polar surface area (TPSA) is 79.2 Å². The molecule has 1 unspecified atom stereocenters. The first-order chi connectivity index (χ1) is 14.0. The highest BCUT2D eigenvalue weighted by atomic mass is 16.6. The van der Waals surface area contributed by atoms with E-state index in [1.807, 2.05) is 30.3 Å². The van der Waals surface area contributed by atoms with Gasteiger partial charge >= 0.3 is 5.97 Å². The summed E-state index contributed by atoms with van der Waals surface area (Å²) < 4.78 is 10.8. The van der Waals surface area contributed by atoms with Crippen molar-refractivity contribution in [1.29, 1.82) is 0 Å². The zero-order valence-electron chi connectivity index (χ0n) is 16.8. The molecular weight excluding hydrogens is 370 g/mol. The van der Waals surface area contributed by atoms with E-state index in [4.69, 9.17) is 9.47 Å². The summed E-state index contributed by atoms with van der Waals surface area (Å²) in [5.41, 5.74) is 0.208. The molecule has 0 spiro atoms. The van der Waals surface area contributed by atoms with Crippen molar-refractivity contribution >= 4 is 5.97 Å². The van der Waals surface area contributed by atoms with Gasteiger partial charge in [0, 0.05) is 26.6 Å². The highest BCUT2D eigenvalue weighted by Gasteiger charge is 2.33. The van der Waals surface area contributed by atoms with Crippen LogP contribution in [0.5, 0.6) is 11.5 Å². The van der Waals surface area contributed by atoms with Crippen LogP contribution in [0.15, 0.2) is 54.6 Å². The molecule has 156 valence electrons. The lowest BCUT2D eigenvalue weighted by Crippen LogP contribution is -2.43. The van der Waals surface area contributed by atoms with Crippen molar-refractivity contribution < 1.29 is 24.5 Å². The summed E-state index contributed by atoms with van der Waals surface area (Å²) in [6.45, 7) is 3.77. The van der Waals surface area contributed by atoms with Gasteiger partial charge in [0.2, 0.25) is 0 Å². The minimum atomic E-state index is -0.764. The van der Waals surface area contributed by atoms with Gasteiger partial charge in [0.15, 0.2) is 11.5 Å². The molecule has 1 saturated heterocycles. The third-order valence-corrected chi connectivity index (χ3v) is 5.31. The van der Waals surface area contributed by atoms with E-state index in [1.165, 1.54) is 6.92 Å². The Hall–Kier alpha value is -2.41. The number of rotatable bonds is 8. The maximum atomic E-state index is 11.2. The average molecular weight is 399 g/mol. The number of para-hydroxylation sites is 2. The fraction of sp³-hybridized carbons (Fsp3) is 0.435. The zero-order chi connectivity index (χ0) is 20.7. The van der Waals surface area contributed by atoms with E-state index in [1.54, 1.807) is 24.3 Å². The molecule has 29 heavy (non-hydrogen) atoms. The molecule has 0 aromatic heterocycles. The largest absolute Gasteiger partial charge is 0.487 e. The number of aliphatic hydroxyl groups excluding tert-OH is 1. The van der Waals surface area contributed by atoms with E-state index in [-0.39, 0.29) is 6.61 Å². The second-order valence-electron chi connectivity index (χ2n) is 7.53. The number of hydrogen-bond donors (Lipinski definition) is 2. The Balaban J connectivity index is 1.42. The van der Waals surface area contributed by atoms with Crippen LogP contribution in [-0.2, 0) is 10.4 Å². The van der Waals surface area contributed by atoms with Crippen LogP contribution in [0.4, 0.5) is 0 Å². The van der Waals surface area contributed by atoms with Crippen molar-refractivity contribution in [3.63, 3.8) is 0 Å². The molecule has 1 aliphatic rings. The molecule has 1 heterocycles. The number of benzene rings is 2. The average Bonchev–Trinajstić information content (AvgIpc) is 2.73. The molecular formula is C23H29NO5. The molecule has 1 fully saturated rings. The monoisotopic (exact) mass is 399 g/mol. The maximum Gasteiger partial charge on any atom is 0.308 e. The first-order valence-electron chi connectivity index (χ1n) is 10.0. The number of hydrogen-bond acceptors (Lipinski definition) is 6. The van der Waals surface area contributed by atoms with Gasteiger partial charge in [-0.1, -0.05) is 42.5 Å². The third kappa shape index (κ3) is 6.03. The van der Waals surface area contributed by atoms with E-state index in [0.29, 0.717) is 30.8 Å². The molecule has 1 aliphatic heterocycles. The molecule has 1 atom stereocenters. The standard InChI is InChI=1S/C23H29NO5/c1-18(25)29-22-10-6-5-9-21(22)28-17-20(26)11-14-24-15-12-23(27,13-16-24)19-7-3-2-4-8-19/h2-10,20,26-27H,11-17H2,1H3. The van der Waals surface area contributed by atoms with Gasteiger partial charge < -0.3 is 24.6 Å². The van der Waals surface area contributed by atoms with Gasteiger partial charge in [0.1, 0.15) is 6.61 Å². The summed E-state index contributed by atoms with van der Waals surface area (Å²) in [6, 6.07) is 16.7. The van der Waals surface area contributed by atoms with E-state index in [0.717, 1.165) is 25.2 Å². The van der Waals surface area contributed by atoms with Gasteiger partial charge in [-0.2, -0.15) is 0 Å². The van der Waals surface area contributed by atoms with E-state index in [2.05, 4.69) is 4.90 Å². The highest BCUT2D eigenvalue weighted by Crippen LogP contribution is 2.32. The van der Waals surface area contributed by atoms with Crippen LogP contribution in [0.1, 0.15) is 31.7 Å². The molecule has 6 heteroatoms. The smallest absolute Gasteiger partial charge is 0.308 e. The number of likely N-dealkylation sites (tertiary alicyclic amines) is 1. The summed E-state index contributed by atoms with van der Waals surface area (Å²) in [7, 11) is 0.